The summed E-state index contributed by atoms with van der Waals surface area (Å²) in [6.45, 7) is 3.54. The average Bonchev–Trinajstić information content (AvgIpc) is 2.67. The number of aryl methyl sites for hydroxylation is 1. The summed E-state index contributed by atoms with van der Waals surface area (Å²) in [5.74, 6) is -2.20. The Labute approximate surface area is 178 Å². The standard InChI is InChI=1S/C22H23F4NO3S/c1-14-4-3-5-17(12-14)31(29,30)16-8-10-21(2,11-9-16)27-20(28)15-6-7-19(23)18(13-15)22(24,25)26/h3-7,12-13,16H,8-11H2,1-2H3,(H,27,28). The maximum atomic E-state index is 13.5. The topological polar surface area (TPSA) is 63.2 Å². The van der Waals surface area contributed by atoms with Gasteiger partial charge < -0.3 is 5.32 Å². The van der Waals surface area contributed by atoms with E-state index in [1.165, 1.54) is 0 Å². The number of benzene rings is 2. The number of amides is 1. The molecule has 2 aromatic rings. The Morgan fingerprint density at radius 3 is 2.32 bits per heavy atom. The first kappa shape index (κ1) is 23.2. The van der Waals surface area contributed by atoms with Gasteiger partial charge in [-0.3, -0.25) is 4.79 Å². The van der Waals surface area contributed by atoms with Crippen LogP contribution in [0.15, 0.2) is 47.4 Å². The molecule has 168 valence electrons. The van der Waals surface area contributed by atoms with Crippen LogP contribution in [-0.4, -0.2) is 25.1 Å². The Hall–Kier alpha value is -2.42. The summed E-state index contributed by atoms with van der Waals surface area (Å²) in [6.07, 6.45) is -3.59. The lowest BCUT2D eigenvalue weighted by atomic mass is 9.83. The number of carbonyl (C=O) groups excluding carboxylic acids is 1. The van der Waals surface area contributed by atoms with Crippen LogP contribution in [0.5, 0.6) is 0 Å². The van der Waals surface area contributed by atoms with Crippen LogP contribution in [-0.2, 0) is 16.0 Å². The average molecular weight is 457 g/mol. The Kier molecular flexibility index (Phi) is 6.19. The summed E-state index contributed by atoms with van der Waals surface area (Å²) < 4.78 is 78.1. The van der Waals surface area contributed by atoms with E-state index >= 15 is 0 Å². The summed E-state index contributed by atoms with van der Waals surface area (Å²) in [7, 11) is -3.52. The van der Waals surface area contributed by atoms with E-state index in [-0.39, 0.29) is 10.5 Å². The fourth-order valence-electron chi connectivity index (χ4n) is 3.88. The molecule has 4 nitrogen and oxygen atoms in total. The van der Waals surface area contributed by atoms with Crippen molar-refractivity contribution >= 4 is 15.7 Å². The Bertz CT molecular complexity index is 1090. The summed E-state index contributed by atoms with van der Waals surface area (Å²) in [6, 6.07) is 8.78. The Morgan fingerprint density at radius 1 is 1.10 bits per heavy atom. The number of hydrogen-bond acceptors (Lipinski definition) is 3. The largest absolute Gasteiger partial charge is 0.419 e. The second-order valence-electron chi connectivity index (χ2n) is 8.27. The third-order valence-corrected chi connectivity index (χ3v) is 8.00. The minimum atomic E-state index is -4.91. The van der Waals surface area contributed by atoms with Gasteiger partial charge in [-0.05, 0) is 75.4 Å². The molecule has 3 rings (SSSR count). The highest BCUT2D eigenvalue weighted by atomic mass is 32.2. The first-order valence-corrected chi connectivity index (χ1v) is 11.4. The van der Waals surface area contributed by atoms with E-state index in [9.17, 15) is 30.8 Å². The fraction of sp³-hybridized carbons (Fsp3) is 0.409. The quantitative estimate of drug-likeness (QED) is 0.653. The van der Waals surface area contributed by atoms with Crippen LogP contribution in [0.3, 0.4) is 0 Å². The molecule has 2 aromatic carbocycles. The maximum Gasteiger partial charge on any atom is 0.419 e. The molecule has 0 atom stereocenters. The predicted octanol–water partition coefficient (Wildman–Crippen LogP) is 5.06. The first-order valence-electron chi connectivity index (χ1n) is 9.82. The normalized spacial score (nSPS) is 22.2. The molecule has 0 aromatic heterocycles. The zero-order chi connectivity index (χ0) is 23.0. The van der Waals surface area contributed by atoms with E-state index in [1.807, 2.05) is 13.0 Å². The first-order chi connectivity index (χ1) is 14.3. The van der Waals surface area contributed by atoms with Crippen molar-refractivity contribution in [3.05, 3.63) is 65.0 Å². The lowest BCUT2D eigenvalue weighted by Crippen LogP contribution is -2.49. The van der Waals surface area contributed by atoms with Crippen LogP contribution in [0.1, 0.15) is 54.1 Å². The number of hydrogen-bond donors (Lipinski definition) is 1. The second kappa shape index (κ2) is 8.26. The highest BCUT2D eigenvalue weighted by Gasteiger charge is 2.39. The Morgan fingerprint density at radius 2 is 1.74 bits per heavy atom. The van der Waals surface area contributed by atoms with Crippen molar-refractivity contribution < 1.29 is 30.8 Å². The zero-order valence-corrected chi connectivity index (χ0v) is 17.9. The van der Waals surface area contributed by atoms with Gasteiger partial charge in [-0.2, -0.15) is 13.2 Å². The van der Waals surface area contributed by atoms with Gasteiger partial charge in [-0.1, -0.05) is 12.1 Å². The van der Waals surface area contributed by atoms with Crippen molar-refractivity contribution in [1.82, 2.24) is 5.32 Å². The molecule has 1 aliphatic carbocycles. The summed E-state index contributed by atoms with van der Waals surface area (Å²) >= 11 is 0. The molecule has 31 heavy (non-hydrogen) atoms. The van der Waals surface area contributed by atoms with Gasteiger partial charge in [0.1, 0.15) is 5.82 Å². The number of halogens is 4. The van der Waals surface area contributed by atoms with Gasteiger partial charge >= 0.3 is 6.18 Å². The smallest absolute Gasteiger partial charge is 0.347 e. The fourth-order valence-corrected chi connectivity index (χ4v) is 5.74. The Balaban J connectivity index is 1.71. The molecule has 1 N–H and O–H groups in total. The molecule has 1 aliphatic rings. The van der Waals surface area contributed by atoms with Crippen LogP contribution < -0.4 is 5.32 Å². The van der Waals surface area contributed by atoms with Crippen molar-refractivity contribution in [1.29, 1.82) is 0 Å². The van der Waals surface area contributed by atoms with Crippen molar-refractivity contribution in [2.24, 2.45) is 0 Å². The summed E-state index contributed by atoms with van der Waals surface area (Å²) in [5.41, 5.74) is -1.74. The van der Waals surface area contributed by atoms with Gasteiger partial charge in [0.05, 0.1) is 15.7 Å². The van der Waals surface area contributed by atoms with Gasteiger partial charge in [0.2, 0.25) is 0 Å². The highest BCUT2D eigenvalue weighted by Crippen LogP contribution is 2.35. The van der Waals surface area contributed by atoms with Crippen LogP contribution in [0.2, 0.25) is 0 Å². The zero-order valence-electron chi connectivity index (χ0n) is 17.1. The van der Waals surface area contributed by atoms with Gasteiger partial charge in [0.25, 0.3) is 5.91 Å². The van der Waals surface area contributed by atoms with Gasteiger partial charge in [0.15, 0.2) is 9.84 Å². The van der Waals surface area contributed by atoms with Crippen molar-refractivity contribution in [2.45, 2.75) is 61.4 Å². The van der Waals surface area contributed by atoms with Crippen LogP contribution in [0.4, 0.5) is 17.6 Å². The number of rotatable bonds is 4. The van der Waals surface area contributed by atoms with Crippen molar-refractivity contribution in [2.75, 3.05) is 0 Å². The van der Waals surface area contributed by atoms with Crippen LogP contribution >= 0.6 is 0 Å². The predicted molar refractivity (Wildman–Crippen MR) is 108 cm³/mol. The maximum absolute atomic E-state index is 13.5. The highest BCUT2D eigenvalue weighted by molar-refractivity contribution is 7.92. The molecule has 0 unspecified atom stereocenters. The minimum absolute atomic E-state index is 0.260. The van der Waals surface area contributed by atoms with E-state index < -0.39 is 44.1 Å². The van der Waals surface area contributed by atoms with E-state index in [0.717, 1.165) is 11.6 Å². The second-order valence-corrected chi connectivity index (χ2v) is 10.5. The van der Waals surface area contributed by atoms with Crippen molar-refractivity contribution in [3.63, 3.8) is 0 Å². The van der Waals surface area contributed by atoms with E-state index in [4.69, 9.17) is 0 Å². The SMILES string of the molecule is Cc1cccc(S(=O)(=O)C2CCC(C)(NC(=O)c3ccc(F)c(C(F)(F)F)c3)CC2)c1. The molecule has 1 amide bonds. The number of carbonyl (C=O) groups is 1. The molecule has 0 radical (unpaired) electrons. The van der Waals surface area contributed by atoms with E-state index in [1.54, 1.807) is 25.1 Å². The molecule has 1 fully saturated rings. The van der Waals surface area contributed by atoms with Gasteiger partial charge in [0, 0.05) is 11.1 Å². The minimum Gasteiger partial charge on any atom is -0.347 e. The van der Waals surface area contributed by atoms with Gasteiger partial charge in [-0.15, -0.1) is 0 Å². The molecule has 9 heteroatoms. The summed E-state index contributed by atoms with van der Waals surface area (Å²) in [4.78, 5) is 12.8. The third kappa shape index (κ3) is 5.08. The molecular weight excluding hydrogens is 434 g/mol. The van der Waals surface area contributed by atoms with E-state index in [0.29, 0.717) is 37.8 Å². The number of alkyl halides is 3. The molecule has 0 aliphatic heterocycles. The molecular formula is C22H23F4NO3S. The number of nitrogens with one attached hydrogen (secondary N) is 1. The molecule has 1 saturated carbocycles. The van der Waals surface area contributed by atoms with Crippen LogP contribution in [0.25, 0.3) is 0 Å². The molecule has 0 bridgehead atoms. The number of sulfone groups is 1. The molecule has 0 saturated heterocycles. The summed E-state index contributed by atoms with van der Waals surface area (Å²) in [5, 5.41) is 2.11. The van der Waals surface area contributed by atoms with Crippen molar-refractivity contribution in [3.8, 4) is 0 Å². The van der Waals surface area contributed by atoms with Gasteiger partial charge in [-0.25, -0.2) is 12.8 Å². The van der Waals surface area contributed by atoms with E-state index in [2.05, 4.69) is 5.32 Å². The third-order valence-electron chi connectivity index (χ3n) is 5.74. The molecule has 0 heterocycles. The monoisotopic (exact) mass is 457 g/mol. The molecule has 0 spiro atoms. The lowest BCUT2D eigenvalue weighted by molar-refractivity contribution is -0.140. The van der Waals surface area contributed by atoms with Crippen LogP contribution in [0, 0.1) is 12.7 Å². The lowest BCUT2D eigenvalue weighted by Gasteiger charge is -2.38.